The molecule has 0 aromatic carbocycles. The number of likely N-dealkylation sites (tertiary alicyclic amines) is 1. The zero-order valence-electron chi connectivity index (χ0n) is 13.0. The van der Waals surface area contributed by atoms with Crippen LogP contribution in [0.15, 0.2) is 17.5 Å². The Morgan fingerprint density at radius 3 is 2.64 bits per heavy atom. The molecule has 120 valence electrons. The Labute approximate surface area is 134 Å². The van der Waals surface area contributed by atoms with E-state index in [9.17, 15) is 9.59 Å². The second kappa shape index (κ2) is 6.38. The molecule has 0 unspecified atom stereocenters. The molecule has 0 spiro atoms. The lowest BCUT2D eigenvalue weighted by atomic mass is 9.77. The van der Waals surface area contributed by atoms with E-state index in [1.165, 1.54) is 11.3 Å². The van der Waals surface area contributed by atoms with E-state index in [2.05, 4.69) is 5.32 Å². The van der Waals surface area contributed by atoms with Crippen molar-refractivity contribution in [1.82, 2.24) is 10.2 Å². The summed E-state index contributed by atoms with van der Waals surface area (Å²) in [5.41, 5.74) is 0. The van der Waals surface area contributed by atoms with Crippen molar-refractivity contribution in [2.24, 2.45) is 11.8 Å². The molecule has 2 amide bonds. The number of hydrogen-bond donors (Lipinski definition) is 1. The third-order valence-corrected chi connectivity index (χ3v) is 5.69. The number of carbonyl (C=O) groups excluding carboxylic acids is 2. The maximum absolute atomic E-state index is 12.5. The lowest BCUT2D eigenvalue weighted by Crippen LogP contribution is -2.49. The largest absolute Gasteiger partial charge is 0.379 e. The van der Waals surface area contributed by atoms with Gasteiger partial charge in [0.2, 0.25) is 5.91 Å². The number of thiophene rings is 1. The second-order valence-electron chi connectivity index (χ2n) is 6.26. The van der Waals surface area contributed by atoms with E-state index < -0.39 is 0 Å². The lowest BCUT2D eigenvalue weighted by molar-refractivity contribution is -0.121. The minimum Gasteiger partial charge on any atom is -0.379 e. The van der Waals surface area contributed by atoms with Crippen molar-refractivity contribution in [3.8, 4) is 0 Å². The molecule has 1 aromatic heterocycles. The van der Waals surface area contributed by atoms with Crippen LogP contribution in [-0.4, -0.2) is 49.1 Å². The van der Waals surface area contributed by atoms with Gasteiger partial charge < -0.3 is 15.0 Å². The van der Waals surface area contributed by atoms with Gasteiger partial charge >= 0.3 is 0 Å². The standard InChI is InChI=1S/C16H22N2O3S/c1-10(19)17-13-6-11-8-18(9-12(11)7-14(13)21-2)16(20)15-4-3-5-22-15/h3-5,11-14H,6-9H2,1-2H3,(H,17,19)/t11-,12+,13-,14-/m1/s1. The molecule has 2 heterocycles. The fourth-order valence-corrected chi connectivity index (χ4v) is 4.50. The molecular formula is C16H22N2O3S. The van der Waals surface area contributed by atoms with Crippen molar-refractivity contribution in [3.63, 3.8) is 0 Å². The van der Waals surface area contributed by atoms with Gasteiger partial charge in [0.05, 0.1) is 17.0 Å². The van der Waals surface area contributed by atoms with Gasteiger partial charge in [0.15, 0.2) is 0 Å². The van der Waals surface area contributed by atoms with Crippen molar-refractivity contribution in [2.75, 3.05) is 20.2 Å². The maximum atomic E-state index is 12.5. The molecule has 1 aromatic rings. The molecule has 1 saturated carbocycles. The highest BCUT2D eigenvalue weighted by Gasteiger charge is 2.44. The van der Waals surface area contributed by atoms with Gasteiger partial charge in [-0.3, -0.25) is 9.59 Å². The van der Waals surface area contributed by atoms with E-state index in [0.29, 0.717) is 11.8 Å². The minimum atomic E-state index is -0.0185. The first-order valence-corrected chi connectivity index (χ1v) is 8.59. The number of methoxy groups -OCH3 is 1. The van der Waals surface area contributed by atoms with E-state index in [1.54, 1.807) is 14.0 Å². The first-order valence-electron chi connectivity index (χ1n) is 7.71. The molecular weight excluding hydrogens is 300 g/mol. The SMILES string of the molecule is CO[C@@H]1C[C@H]2CN(C(=O)c3cccs3)C[C@H]2C[C@H]1NC(C)=O. The number of rotatable bonds is 3. The average molecular weight is 322 g/mol. The molecule has 1 aliphatic heterocycles. The molecule has 3 rings (SSSR count). The summed E-state index contributed by atoms with van der Waals surface area (Å²) >= 11 is 1.49. The van der Waals surface area contributed by atoms with Crippen molar-refractivity contribution >= 4 is 23.2 Å². The molecule has 0 radical (unpaired) electrons. The van der Waals surface area contributed by atoms with Crippen LogP contribution < -0.4 is 5.32 Å². The zero-order chi connectivity index (χ0) is 15.7. The smallest absolute Gasteiger partial charge is 0.263 e. The zero-order valence-corrected chi connectivity index (χ0v) is 13.8. The minimum absolute atomic E-state index is 0.0185. The van der Waals surface area contributed by atoms with Crippen molar-refractivity contribution in [2.45, 2.75) is 31.9 Å². The fourth-order valence-electron chi connectivity index (χ4n) is 3.81. The third kappa shape index (κ3) is 3.03. The summed E-state index contributed by atoms with van der Waals surface area (Å²) < 4.78 is 5.56. The highest BCUT2D eigenvalue weighted by molar-refractivity contribution is 7.12. The average Bonchev–Trinajstić information content (AvgIpc) is 3.14. The fraction of sp³-hybridized carbons (Fsp3) is 0.625. The van der Waals surface area contributed by atoms with Gasteiger partial charge in [0.25, 0.3) is 5.91 Å². The monoisotopic (exact) mass is 322 g/mol. The van der Waals surface area contributed by atoms with Crippen LogP contribution >= 0.6 is 11.3 Å². The number of nitrogens with one attached hydrogen (secondary N) is 1. The van der Waals surface area contributed by atoms with Crippen molar-refractivity contribution < 1.29 is 14.3 Å². The molecule has 2 fully saturated rings. The Balaban J connectivity index is 1.67. The van der Waals surface area contributed by atoms with Crippen LogP contribution in [0.1, 0.15) is 29.4 Å². The molecule has 5 nitrogen and oxygen atoms in total. The van der Waals surface area contributed by atoms with Crippen LogP contribution in [-0.2, 0) is 9.53 Å². The van der Waals surface area contributed by atoms with Gasteiger partial charge in [-0.25, -0.2) is 0 Å². The first kappa shape index (κ1) is 15.5. The highest BCUT2D eigenvalue weighted by atomic mass is 32.1. The number of nitrogens with zero attached hydrogens (tertiary/aromatic N) is 1. The normalized spacial score (nSPS) is 30.9. The van der Waals surface area contributed by atoms with Gasteiger partial charge in [-0.1, -0.05) is 6.07 Å². The van der Waals surface area contributed by atoms with Crippen LogP contribution in [0.3, 0.4) is 0 Å². The lowest BCUT2D eigenvalue weighted by Gasteiger charge is -2.37. The van der Waals surface area contributed by atoms with Crippen LogP contribution in [0.4, 0.5) is 0 Å². The number of ether oxygens (including phenoxy) is 1. The van der Waals surface area contributed by atoms with Crippen molar-refractivity contribution in [1.29, 1.82) is 0 Å². The number of amides is 2. The third-order valence-electron chi connectivity index (χ3n) is 4.83. The van der Waals surface area contributed by atoms with Crippen LogP contribution in [0.2, 0.25) is 0 Å². The molecule has 2 aliphatic rings. The Morgan fingerprint density at radius 2 is 2.05 bits per heavy atom. The van der Waals surface area contributed by atoms with E-state index in [1.807, 2.05) is 22.4 Å². The molecule has 1 aliphatic carbocycles. The van der Waals surface area contributed by atoms with Gasteiger partial charge in [-0.15, -0.1) is 11.3 Å². The molecule has 22 heavy (non-hydrogen) atoms. The van der Waals surface area contributed by atoms with E-state index in [0.717, 1.165) is 30.8 Å². The van der Waals surface area contributed by atoms with E-state index in [4.69, 9.17) is 4.74 Å². The number of fused-ring (bicyclic) bond motifs is 1. The van der Waals surface area contributed by atoms with Crippen LogP contribution in [0, 0.1) is 11.8 Å². The summed E-state index contributed by atoms with van der Waals surface area (Å²) in [6.45, 7) is 3.13. The maximum Gasteiger partial charge on any atom is 0.263 e. The predicted octanol–water partition coefficient (Wildman–Crippen LogP) is 1.75. The van der Waals surface area contributed by atoms with Gasteiger partial charge in [-0.2, -0.15) is 0 Å². The van der Waals surface area contributed by atoms with Crippen molar-refractivity contribution in [3.05, 3.63) is 22.4 Å². The number of carbonyl (C=O) groups is 2. The predicted molar refractivity (Wildman–Crippen MR) is 84.8 cm³/mol. The Hall–Kier alpha value is -1.40. The Kier molecular flexibility index (Phi) is 4.49. The van der Waals surface area contributed by atoms with E-state index in [-0.39, 0.29) is 24.0 Å². The summed E-state index contributed by atoms with van der Waals surface area (Å²) in [5, 5.41) is 4.94. The Morgan fingerprint density at radius 1 is 1.32 bits per heavy atom. The summed E-state index contributed by atoms with van der Waals surface area (Å²) in [6.07, 6.45) is 1.83. The molecule has 1 N–H and O–H groups in total. The van der Waals surface area contributed by atoms with Crippen LogP contribution in [0.5, 0.6) is 0 Å². The highest BCUT2D eigenvalue weighted by Crippen LogP contribution is 2.38. The molecule has 6 heteroatoms. The quantitative estimate of drug-likeness (QED) is 0.922. The molecule has 4 atom stereocenters. The summed E-state index contributed by atoms with van der Waals surface area (Å²) in [5.74, 6) is 1.04. The van der Waals surface area contributed by atoms with Crippen LogP contribution in [0.25, 0.3) is 0 Å². The summed E-state index contributed by atoms with van der Waals surface area (Å²) in [7, 11) is 1.70. The topological polar surface area (TPSA) is 58.6 Å². The Bertz CT molecular complexity index is 546. The van der Waals surface area contributed by atoms with Gasteiger partial charge in [-0.05, 0) is 36.1 Å². The summed E-state index contributed by atoms with van der Waals surface area (Å²) in [6, 6.07) is 3.85. The van der Waals surface area contributed by atoms with Gasteiger partial charge in [0, 0.05) is 27.1 Å². The number of hydrogen-bond acceptors (Lipinski definition) is 4. The summed E-state index contributed by atoms with van der Waals surface area (Å²) in [4.78, 5) is 26.6. The van der Waals surface area contributed by atoms with Gasteiger partial charge in [0.1, 0.15) is 0 Å². The molecule has 1 saturated heterocycles. The molecule has 0 bridgehead atoms. The first-order chi connectivity index (χ1) is 10.6. The van der Waals surface area contributed by atoms with E-state index >= 15 is 0 Å². The second-order valence-corrected chi connectivity index (χ2v) is 7.21.